The number of aromatic nitrogens is 1. The predicted molar refractivity (Wildman–Crippen MR) is 97.2 cm³/mol. The van der Waals surface area contributed by atoms with Gasteiger partial charge < -0.3 is 4.90 Å². The molecule has 120 valence electrons. The van der Waals surface area contributed by atoms with Crippen molar-refractivity contribution in [2.45, 2.75) is 58.3 Å². The number of anilines is 1. The maximum absolute atomic E-state index is 4.73. The zero-order valence-corrected chi connectivity index (χ0v) is 14.9. The van der Waals surface area contributed by atoms with Gasteiger partial charge in [0, 0.05) is 35.2 Å². The molecule has 0 aromatic carbocycles. The summed E-state index contributed by atoms with van der Waals surface area (Å²) in [5.74, 6) is 1.12. The Morgan fingerprint density at radius 3 is 2.86 bits per heavy atom. The van der Waals surface area contributed by atoms with Gasteiger partial charge in [-0.25, -0.2) is 0 Å². The van der Waals surface area contributed by atoms with Crippen LogP contribution in [-0.4, -0.2) is 29.0 Å². The molecule has 0 aliphatic carbocycles. The highest BCUT2D eigenvalue weighted by molar-refractivity contribution is 8.14. The number of hydrogen-bond donors (Lipinski definition) is 0. The number of thioether (sulfide) groups is 1. The van der Waals surface area contributed by atoms with E-state index in [9.17, 15) is 0 Å². The average molecular weight is 318 g/mol. The van der Waals surface area contributed by atoms with Gasteiger partial charge in [0.2, 0.25) is 0 Å². The molecule has 2 aliphatic heterocycles. The molecule has 0 N–H and O–H groups in total. The van der Waals surface area contributed by atoms with E-state index in [2.05, 4.69) is 42.9 Å². The molecular formula is C18H27N3S. The summed E-state index contributed by atoms with van der Waals surface area (Å²) in [7, 11) is 0. The minimum Gasteiger partial charge on any atom is -0.320 e. The van der Waals surface area contributed by atoms with E-state index >= 15 is 0 Å². The number of aryl methyl sites for hydroxylation is 1. The molecule has 2 aliphatic rings. The summed E-state index contributed by atoms with van der Waals surface area (Å²) < 4.78 is 0. The van der Waals surface area contributed by atoms with E-state index in [0.29, 0.717) is 0 Å². The van der Waals surface area contributed by atoms with Gasteiger partial charge in [-0.3, -0.25) is 9.98 Å². The molecule has 1 aromatic heterocycles. The third-order valence-corrected chi connectivity index (χ3v) is 5.59. The Labute approximate surface area is 138 Å². The number of amidine groups is 1. The predicted octanol–water partition coefficient (Wildman–Crippen LogP) is 4.40. The van der Waals surface area contributed by atoms with Crippen LogP contribution in [0.3, 0.4) is 0 Å². The molecule has 22 heavy (non-hydrogen) atoms. The van der Waals surface area contributed by atoms with Crippen LogP contribution >= 0.6 is 11.8 Å². The van der Waals surface area contributed by atoms with Crippen molar-refractivity contribution in [1.82, 2.24) is 4.98 Å². The Kier molecular flexibility index (Phi) is 4.76. The third kappa shape index (κ3) is 3.17. The van der Waals surface area contributed by atoms with Crippen LogP contribution < -0.4 is 4.90 Å². The summed E-state index contributed by atoms with van der Waals surface area (Å²) in [6.07, 6.45) is 8.39. The molecule has 0 saturated carbocycles. The Morgan fingerprint density at radius 1 is 1.27 bits per heavy atom. The van der Waals surface area contributed by atoms with Gasteiger partial charge in [0.25, 0.3) is 0 Å². The number of unbranched alkanes of at least 4 members (excludes halogenated alkanes) is 3. The topological polar surface area (TPSA) is 28.5 Å². The first kappa shape index (κ1) is 15.9. The van der Waals surface area contributed by atoms with Gasteiger partial charge in [0.1, 0.15) is 0 Å². The number of fused-ring (bicyclic) bond motifs is 1. The van der Waals surface area contributed by atoms with Crippen LogP contribution in [0.2, 0.25) is 0 Å². The molecule has 0 fully saturated rings. The summed E-state index contributed by atoms with van der Waals surface area (Å²) in [5.41, 5.74) is 4.12. The number of aliphatic imine (C=N–C) groups is 1. The summed E-state index contributed by atoms with van der Waals surface area (Å²) in [6.45, 7) is 8.87. The first-order valence-electron chi connectivity index (χ1n) is 8.56. The second-order valence-electron chi connectivity index (χ2n) is 6.99. The van der Waals surface area contributed by atoms with Crippen molar-refractivity contribution in [2.75, 3.05) is 23.7 Å². The smallest absolute Gasteiger partial charge is 0.163 e. The molecule has 3 rings (SSSR count). The Hall–Kier alpha value is -1.03. The fourth-order valence-corrected chi connectivity index (χ4v) is 4.19. The summed E-state index contributed by atoms with van der Waals surface area (Å²) >= 11 is 1.89. The Morgan fingerprint density at radius 2 is 2.14 bits per heavy atom. The molecule has 0 spiro atoms. The molecule has 0 radical (unpaired) electrons. The molecular weight excluding hydrogens is 290 g/mol. The van der Waals surface area contributed by atoms with Gasteiger partial charge in [0.15, 0.2) is 5.17 Å². The van der Waals surface area contributed by atoms with Crippen molar-refractivity contribution in [2.24, 2.45) is 4.99 Å². The largest absolute Gasteiger partial charge is 0.320 e. The van der Waals surface area contributed by atoms with Gasteiger partial charge in [0.05, 0.1) is 12.2 Å². The van der Waals surface area contributed by atoms with E-state index in [0.717, 1.165) is 25.3 Å². The van der Waals surface area contributed by atoms with Crippen LogP contribution in [0.25, 0.3) is 0 Å². The van der Waals surface area contributed by atoms with E-state index in [1.165, 1.54) is 47.8 Å². The van der Waals surface area contributed by atoms with Crippen LogP contribution in [-0.2, 0) is 11.8 Å². The maximum Gasteiger partial charge on any atom is 0.163 e. The van der Waals surface area contributed by atoms with Gasteiger partial charge >= 0.3 is 0 Å². The molecule has 1 aromatic rings. The van der Waals surface area contributed by atoms with E-state index in [1.807, 2.05) is 11.8 Å². The number of hydrogen-bond acceptors (Lipinski definition) is 4. The molecule has 0 saturated heterocycles. The molecule has 0 atom stereocenters. The lowest BCUT2D eigenvalue weighted by Crippen LogP contribution is -2.31. The Bertz CT molecular complexity index is 565. The summed E-state index contributed by atoms with van der Waals surface area (Å²) in [6, 6.07) is 2.32. The van der Waals surface area contributed by atoms with E-state index in [4.69, 9.17) is 4.98 Å². The second-order valence-corrected chi connectivity index (χ2v) is 8.05. The molecule has 4 heteroatoms. The minimum absolute atomic E-state index is 0.161. The van der Waals surface area contributed by atoms with E-state index < -0.39 is 0 Å². The average Bonchev–Trinajstić information content (AvgIpc) is 3.10. The van der Waals surface area contributed by atoms with Gasteiger partial charge in [-0.15, -0.1) is 0 Å². The van der Waals surface area contributed by atoms with Crippen molar-refractivity contribution in [3.63, 3.8) is 0 Å². The van der Waals surface area contributed by atoms with Crippen molar-refractivity contribution < 1.29 is 0 Å². The SMILES string of the molecule is CCCCCCc1cc2c(cn1)C(C)(C)CN2C1=NCCS1. The van der Waals surface area contributed by atoms with E-state index in [1.54, 1.807) is 0 Å². The second kappa shape index (κ2) is 6.61. The van der Waals surface area contributed by atoms with Crippen LogP contribution in [0.5, 0.6) is 0 Å². The fraction of sp³-hybridized carbons (Fsp3) is 0.667. The minimum atomic E-state index is 0.161. The first-order chi connectivity index (χ1) is 10.6. The van der Waals surface area contributed by atoms with Crippen molar-refractivity contribution in [3.8, 4) is 0 Å². The molecule has 3 nitrogen and oxygen atoms in total. The van der Waals surface area contributed by atoms with Crippen LogP contribution in [0, 0.1) is 0 Å². The molecule has 0 amide bonds. The molecule has 0 bridgehead atoms. The fourth-order valence-electron chi connectivity index (χ4n) is 3.32. The molecule has 3 heterocycles. The zero-order chi connectivity index (χ0) is 15.6. The number of pyridine rings is 1. The highest BCUT2D eigenvalue weighted by Crippen LogP contribution is 2.42. The first-order valence-corrected chi connectivity index (χ1v) is 9.54. The zero-order valence-electron chi connectivity index (χ0n) is 14.1. The Balaban J connectivity index is 1.80. The lowest BCUT2D eigenvalue weighted by atomic mass is 9.88. The van der Waals surface area contributed by atoms with E-state index in [-0.39, 0.29) is 5.41 Å². The van der Waals surface area contributed by atoms with Crippen molar-refractivity contribution in [1.29, 1.82) is 0 Å². The lowest BCUT2D eigenvalue weighted by molar-refractivity contribution is 0.570. The summed E-state index contributed by atoms with van der Waals surface area (Å²) in [4.78, 5) is 11.8. The van der Waals surface area contributed by atoms with Gasteiger partial charge in [-0.05, 0) is 18.9 Å². The molecule has 0 unspecified atom stereocenters. The third-order valence-electron chi connectivity index (χ3n) is 4.60. The van der Waals surface area contributed by atoms with Gasteiger partial charge in [-0.2, -0.15) is 0 Å². The number of rotatable bonds is 5. The van der Waals surface area contributed by atoms with Crippen LogP contribution in [0.1, 0.15) is 57.7 Å². The maximum atomic E-state index is 4.73. The highest BCUT2D eigenvalue weighted by atomic mass is 32.2. The monoisotopic (exact) mass is 317 g/mol. The van der Waals surface area contributed by atoms with Crippen molar-refractivity contribution in [3.05, 3.63) is 23.5 Å². The number of nitrogens with zero attached hydrogens (tertiary/aromatic N) is 3. The highest BCUT2D eigenvalue weighted by Gasteiger charge is 2.38. The van der Waals surface area contributed by atoms with Crippen LogP contribution in [0.4, 0.5) is 5.69 Å². The van der Waals surface area contributed by atoms with Crippen LogP contribution in [0.15, 0.2) is 17.3 Å². The summed E-state index contributed by atoms with van der Waals surface area (Å²) in [5, 5.41) is 1.20. The van der Waals surface area contributed by atoms with Crippen molar-refractivity contribution >= 4 is 22.6 Å². The lowest BCUT2D eigenvalue weighted by Gasteiger charge is -2.21. The van der Waals surface area contributed by atoms with Gasteiger partial charge in [-0.1, -0.05) is 51.8 Å². The standard InChI is InChI=1S/C18H27N3S/c1-4-5-6-7-8-14-11-16-15(12-20-14)18(2,3)13-21(16)17-19-9-10-22-17/h11-12H,4-10,13H2,1-3H3. The normalized spacial score (nSPS) is 19.4. The quantitative estimate of drug-likeness (QED) is 0.753.